The molecule has 2 saturated heterocycles. The Morgan fingerprint density at radius 1 is 1.09 bits per heavy atom. The molecular formula is C28H38N2O2. The first-order valence-electron chi connectivity index (χ1n) is 12.2. The van der Waals surface area contributed by atoms with Gasteiger partial charge in [-0.1, -0.05) is 53.6 Å². The van der Waals surface area contributed by atoms with Crippen LogP contribution in [0.1, 0.15) is 42.4 Å². The molecule has 0 unspecified atom stereocenters. The number of hydrogen-bond acceptors (Lipinski definition) is 3. The van der Waals surface area contributed by atoms with E-state index in [0.717, 1.165) is 32.4 Å². The maximum atomic E-state index is 13.5. The molecule has 0 saturated carbocycles. The molecule has 1 atom stereocenters. The van der Waals surface area contributed by atoms with Gasteiger partial charge in [0.2, 0.25) is 5.91 Å². The zero-order chi connectivity index (χ0) is 22.6. The second-order valence-corrected chi connectivity index (χ2v) is 10.1. The van der Waals surface area contributed by atoms with Gasteiger partial charge in [0.1, 0.15) is 0 Å². The van der Waals surface area contributed by atoms with E-state index >= 15 is 0 Å². The molecule has 172 valence electrons. The van der Waals surface area contributed by atoms with Gasteiger partial charge in [0.15, 0.2) is 0 Å². The lowest BCUT2D eigenvalue weighted by molar-refractivity contribution is -0.137. The van der Waals surface area contributed by atoms with E-state index in [9.17, 15) is 4.79 Å². The van der Waals surface area contributed by atoms with Gasteiger partial charge in [-0.25, -0.2) is 0 Å². The molecule has 4 rings (SSSR count). The lowest BCUT2D eigenvalue weighted by atomic mass is 9.74. The average molecular weight is 435 g/mol. The zero-order valence-electron chi connectivity index (χ0n) is 20.0. The molecule has 0 radical (unpaired) electrons. The van der Waals surface area contributed by atoms with Crippen molar-refractivity contribution in [3.05, 3.63) is 59.2 Å². The molecule has 32 heavy (non-hydrogen) atoms. The number of amides is 1. The molecule has 2 aliphatic rings. The van der Waals surface area contributed by atoms with Crippen LogP contribution in [0.15, 0.2) is 42.5 Å². The zero-order valence-corrected chi connectivity index (χ0v) is 20.0. The van der Waals surface area contributed by atoms with Crippen molar-refractivity contribution in [3.63, 3.8) is 0 Å². The van der Waals surface area contributed by atoms with Crippen LogP contribution < -0.4 is 5.32 Å². The van der Waals surface area contributed by atoms with Crippen molar-refractivity contribution < 1.29 is 9.53 Å². The Hall–Kier alpha value is -2.17. The molecule has 4 heteroatoms. The van der Waals surface area contributed by atoms with Crippen molar-refractivity contribution >= 4 is 5.91 Å². The summed E-state index contributed by atoms with van der Waals surface area (Å²) in [5.74, 6) is 0.772. The third-order valence-corrected chi connectivity index (χ3v) is 7.23. The topological polar surface area (TPSA) is 41.6 Å². The van der Waals surface area contributed by atoms with Gasteiger partial charge in [0, 0.05) is 26.3 Å². The molecule has 0 spiro atoms. The lowest BCUT2D eigenvalue weighted by Crippen LogP contribution is -2.48. The third-order valence-electron chi connectivity index (χ3n) is 7.23. The number of likely N-dealkylation sites (tertiary alicyclic amines) is 1. The van der Waals surface area contributed by atoms with Gasteiger partial charge in [0.05, 0.1) is 5.41 Å². The number of carbonyl (C=O) groups is 1. The number of nitrogens with zero attached hydrogens (tertiary/aromatic N) is 1. The van der Waals surface area contributed by atoms with Crippen LogP contribution in [0.5, 0.6) is 0 Å². The molecular weight excluding hydrogens is 396 g/mol. The number of benzene rings is 2. The highest BCUT2D eigenvalue weighted by Gasteiger charge is 2.40. The quantitative estimate of drug-likeness (QED) is 0.712. The monoisotopic (exact) mass is 434 g/mol. The van der Waals surface area contributed by atoms with Crippen LogP contribution in [-0.2, 0) is 16.0 Å². The summed E-state index contributed by atoms with van der Waals surface area (Å²) < 4.78 is 5.65. The predicted molar refractivity (Wildman–Crippen MR) is 131 cm³/mol. The van der Waals surface area contributed by atoms with Gasteiger partial charge >= 0.3 is 0 Å². The van der Waals surface area contributed by atoms with E-state index in [-0.39, 0.29) is 11.3 Å². The van der Waals surface area contributed by atoms with E-state index in [1.807, 2.05) is 0 Å². The first kappa shape index (κ1) is 23.0. The summed E-state index contributed by atoms with van der Waals surface area (Å²) in [5, 5.41) is 3.34. The molecule has 0 bridgehead atoms. The van der Waals surface area contributed by atoms with Crippen molar-refractivity contribution in [1.29, 1.82) is 0 Å². The van der Waals surface area contributed by atoms with Crippen LogP contribution in [0.3, 0.4) is 0 Å². The summed E-state index contributed by atoms with van der Waals surface area (Å²) in [7, 11) is 2.18. The molecule has 2 heterocycles. The predicted octanol–water partition coefficient (Wildman–Crippen LogP) is 4.77. The average Bonchev–Trinajstić information content (AvgIpc) is 2.78. The minimum Gasteiger partial charge on any atom is -0.381 e. The highest BCUT2D eigenvalue weighted by Crippen LogP contribution is 2.36. The first-order chi connectivity index (χ1) is 15.4. The largest absolute Gasteiger partial charge is 0.381 e. The van der Waals surface area contributed by atoms with Crippen molar-refractivity contribution in [2.75, 3.05) is 39.9 Å². The van der Waals surface area contributed by atoms with Gasteiger partial charge < -0.3 is 15.0 Å². The number of hydrogen-bond donors (Lipinski definition) is 1. The highest BCUT2D eigenvalue weighted by molar-refractivity contribution is 5.83. The Labute approximate surface area is 193 Å². The Morgan fingerprint density at radius 3 is 2.56 bits per heavy atom. The van der Waals surface area contributed by atoms with Crippen LogP contribution in [0, 0.1) is 25.2 Å². The second kappa shape index (κ2) is 10.2. The first-order valence-corrected chi connectivity index (χ1v) is 12.2. The Balaban J connectivity index is 1.50. The maximum Gasteiger partial charge on any atom is 0.226 e. The lowest BCUT2D eigenvalue weighted by Gasteiger charge is -2.37. The fourth-order valence-electron chi connectivity index (χ4n) is 5.50. The molecule has 2 fully saturated rings. The SMILES string of the molecule is Cc1cc(C)cc(-c2cccc(CC3(C(=O)NC[C@@H]4CCCN(C)C4)CCOCC3)c2)c1. The fourth-order valence-corrected chi connectivity index (χ4v) is 5.50. The summed E-state index contributed by atoms with van der Waals surface area (Å²) >= 11 is 0. The smallest absolute Gasteiger partial charge is 0.226 e. The highest BCUT2D eigenvalue weighted by atomic mass is 16.5. The summed E-state index contributed by atoms with van der Waals surface area (Å²) in [6, 6.07) is 15.4. The number of ether oxygens (including phenoxy) is 1. The van der Waals surface area contributed by atoms with Crippen molar-refractivity contribution in [2.45, 2.75) is 46.0 Å². The Bertz CT molecular complexity index is 913. The molecule has 2 aliphatic heterocycles. The number of nitrogens with one attached hydrogen (secondary N) is 1. The Morgan fingerprint density at radius 2 is 1.84 bits per heavy atom. The summed E-state index contributed by atoms with van der Waals surface area (Å²) in [4.78, 5) is 15.9. The standard InChI is InChI=1S/C28H38N2O2/c1-21-14-22(2)16-26(15-21)25-8-4-6-23(17-25)18-28(9-12-32-13-10-28)27(31)29-19-24-7-5-11-30(3)20-24/h4,6,8,14-17,24H,5,7,9-13,18-20H2,1-3H3,(H,29,31)/t24-/m0/s1. The minimum absolute atomic E-state index is 0.214. The number of aryl methyl sites for hydroxylation is 2. The van der Waals surface area contributed by atoms with Gasteiger partial charge in [0.25, 0.3) is 0 Å². The summed E-state index contributed by atoms with van der Waals surface area (Å²) in [6.07, 6.45) is 4.78. The van der Waals surface area contributed by atoms with Crippen molar-refractivity contribution in [3.8, 4) is 11.1 Å². The molecule has 2 aromatic carbocycles. The Kier molecular flexibility index (Phi) is 7.32. The van der Waals surface area contributed by atoms with E-state index in [2.05, 4.69) is 73.6 Å². The van der Waals surface area contributed by atoms with E-state index < -0.39 is 0 Å². The van der Waals surface area contributed by atoms with Crippen LogP contribution in [0.4, 0.5) is 0 Å². The van der Waals surface area contributed by atoms with Crippen LogP contribution in [0.2, 0.25) is 0 Å². The number of piperidine rings is 1. The van der Waals surface area contributed by atoms with Crippen LogP contribution in [0.25, 0.3) is 11.1 Å². The van der Waals surface area contributed by atoms with E-state index in [4.69, 9.17) is 4.74 Å². The van der Waals surface area contributed by atoms with Crippen molar-refractivity contribution in [2.24, 2.45) is 11.3 Å². The van der Waals surface area contributed by atoms with Gasteiger partial charge in [-0.05, 0) is 82.2 Å². The second-order valence-electron chi connectivity index (χ2n) is 10.1. The minimum atomic E-state index is -0.375. The third kappa shape index (κ3) is 5.60. The van der Waals surface area contributed by atoms with Gasteiger partial charge in [-0.15, -0.1) is 0 Å². The van der Waals surface area contributed by atoms with E-state index in [0.29, 0.717) is 19.1 Å². The normalized spacial score (nSPS) is 21.3. The summed E-state index contributed by atoms with van der Waals surface area (Å²) in [5.41, 5.74) is 5.88. The van der Waals surface area contributed by atoms with Gasteiger partial charge in [-0.2, -0.15) is 0 Å². The maximum absolute atomic E-state index is 13.5. The molecule has 0 aromatic heterocycles. The molecule has 4 nitrogen and oxygen atoms in total. The van der Waals surface area contributed by atoms with Crippen molar-refractivity contribution in [1.82, 2.24) is 10.2 Å². The van der Waals surface area contributed by atoms with Crippen LogP contribution >= 0.6 is 0 Å². The number of rotatable bonds is 6. The fraction of sp³-hybridized carbons (Fsp3) is 0.536. The molecule has 1 N–H and O–H groups in total. The summed E-state index contributed by atoms with van der Waals surface area (Å²) in [6.45, 7) is 8.65. The molecule has 1 amide bonds. The molecule has 0 aliphatic carbocycles. The van der Waals surface area contributed by atoms with E-state index in [1.54, 1.807) is 0 Å². The number of carbonyl (C=O) groups excluding carboxylic acids is 1. The molecule has 2 aromatic rings. The van der Waals surface area contributed by atoms with Gasteiger partial charge in [-0.3, -0.25) is 4.79 Å². The van der Waals surface area contributed by atoms with E-state index in [1.165, 1.54) is 47.2 Å². The van der Waals surface area contributed by atoms with Crippen LogP contribution in [-0.4, -0.2) is 50.7 Å².